The van der Waals surface area contributed by atoms with Crippen LogP contribution in [0.5, 0.6) is 5.75 Å². The number of esters is 3. The summed E-state index contributed by atoms with van der Waals surface area (Å²) in [5, 5.41) is 9.78. The SMILES string of the molecule is O=C(OC[C@H]1O[C@@H](n2ccc(O)cc2=O)[C@@H](OC(=O)c2ccccc2)C1OC(=O)c1ccccc1)c1ccccc1. The predicted molar refractivity (Wildman–Crippen MR) is 144 cm³/mol. The number of nitrogens with zero attached hydrogens (tertiary/aromatic N) is 1. The molecule has 10 nitrogen and oxygen atoms in total. The molecule has 0 bridgehead atoms. The number of hydrogen-bond donors (Lipinski definition) is 1. The molecule has 4 atom stereocenters. The maximum atomic E-state index is 13.1. The molecule has 41 heavy (non-hydrogen) atoms. The highest BCUT2D eigenvalue weighted by atomic mass is 16.7. The topological polar surface area (TPSA) is 130 Å². The zero-order chi connectivity index (χ0) is 28.8. The Kier molecular flexibility index (Phi) is 8.21. The van der Waals surface area contributed by atoms with Crippen molar-refractivity contribution in [3.63, 3.8) is 0 Å². The van der Waals surface area contributed by atoms with Gasteiger partial charge in [0.2, 0.25) is 0 Å². The lowest BCUT2D eigenvalue weighted by Gasteiger charge is -2.25. The number of aromatic nitrogens is 1. The Morgan fingerprint density at radius 2 is 1.20 bits per heavy atom. The molecular formula is C31H25NO9. The first kappa shape index (κ1) is 27.4. The third kappa shape index (κ3) is 6.34. The molecule has 10 heteroatoms. The van der Waals surface area contributed by atoms with E-state index >= 15 is 0 Å². The number of carbonyl (C=O) groups is 3. The van der Waals surface area contributed by atoms with Gasteiger partial charge in [0.05, 0.1) is 16.7 Å². The van der Waals surface area contributed by atoms with E-state index in [4.69, 9.17) is 18.9 Å². The molecule has 0 saturated carbocycles. The largest absolute Gasteiger partial charge is 0.508 e. The smallest absolute Gasteiger partial charge is 0.338 e. The fourth-order valence-corrected chi connectivity index (χ4v) is 4.37. The Morgan fingerprint density at radius 1 is 0.707 bits per heavy atom. The minimum absolute atomic E-state index is 0.219. The van der Waals surface area contributed by atoms with Crippen molar-refractivity contribution in [2.45, 2.75) is 24.5 Å². The van der Waals surface area contributed by atoms with Crippen molar-refractivity contribution in [2.75, 3.05) is 6.61 Å². The molecule has 1 fully saturated rings. The number of benzene rings is 3. The van der Waals surface area contributed by atoms with Gasteiger partial charge in [0.15, 0.2) is 18.4 Å². The monoisotopic (exact) mass is 555 g/mol. The van der Waals surface area contributed by atoms with E-state index < -0.39 is 48.0 Å². The van der Waals surface area contributed by atoms with Crippen molar-refractivity contribution in [2.24, 2.45) is 0 Å². The van der Waals surface area contributed by atoms with Gasteiger partial charge in [-0.25, -0.2) is 14.4 Å². The molecule has 1 aliphatic heterocycles. The summed E-state index contributed by atoms with van der Waals surface area (Å²) in [4.78, 5) is 51.8. The Morgan fingerprint density at radius 3 is 1.71 bits per heavy atom. The predicted octanol–water partition coefficient (Wildman–Crippen LogP) is 3.76. The van der Waals surface area contributed by atoms with E-state index in [-0.39, 0.29) is 23.5 Å². The molecule has 1 N–H and O–H groups in total. The van der Waals surface area contributed by atoms with Gasteiger partial charge >= 0.3 is 17.9 Å². The maximum absolute atomic E-state index is 13.1. The molecule has 1 unspecified atom stereocenters. The van der Waals surface area contributed by atoms with Crippen LogP contribution in [0, 0.1) is 0 Å². The van der Waals surface area contributed by atoms with Gasteiger partial charge in [0, 0.05) is 12.3 Å². The lowest BCUT2D eigenvalue weighted by atomic mass is 10.1. The van der Waals surface area contributed by atoms with Crippen LogP contribution in [0.1, 0.15) is 37.3 Å². The number of aromatic hydroxyl groups is 1. The quantitative estimate of drug-likeness (QED) is 0.255. The van der Waals surface area contributed by atoms with Crippen molar-refractivity contribution in [3.8, 4) is 5.75 Å². The van der Waals surface area contributed by atoms with E-state index in [1.807, 2.05) is 0 Å². The van der Waals surface area contributed by atoms with Crippen LogP contribution in [0.2, 0.25) is 0 Å². The van der Waals surface area contributed by atoms with Gasteiger partial charge in [-0.1, -0.05) is 54.6 Å². The van der Waals surface area contributed by atoms with Crippen LogP contribution in [0.15, 0.2) is 114 Å². The molecule has 1 saturated heterocycles. The molecule has 1 aromatic heterocycles. The van der Waals surface area contributed by atoms with Crippen LogP contribution in [-0.2, 0) is 18.9 Å². The molecular weight excluding hydrogens is 530 g/mol. The van der Waals surface area contributed by atoms with E-state index in [9.17, 15) is 24.3 Å². The Hall–Kier alpha value is -5.22. The molecule has 0 radical (unpaired) electrons. The van der Waals surface area contributed by atoms with E-state index in [0.717, 1.165) is 10.6 Å². The zero-order valence-corrected chi connectivity index (χ0v) is 21.6. The fourth-order valence-electron chi connectivity index (χ4n) is 4.37. The summed E-state index contributed by atoms with van der Waals surface area (Å²) in [5.41, 5.74) is 0.0785. The van der Waals surface area contributed by atoms with Gasteiger partial charge in [0.1, 0.15) is 18.5 Å². The number of pyridine rings is 1. The van der Waals surface area contributed by atoms with Crippen LogP contribution < -0.4 is 5.56 Å². The fraction of sp³-hybridized carbons (Fsp3) is 0.161. The molecule has 4 aromatic rings. The normalized spacial score (nSPS) is 19.7. The summed E-state index contributed by atoms with van der Waals surface area (Å²) in [6.45, 7) is -0.386. The Bertz CT molecular complexity index is 1570. The van der Waals surface area contributed by atoms with Gasteiger partial charge in [-0.15, -0.1) is 0 Å². The van der Waals surface area contributed by atoms with Crippen LogP contribution in [0.3, 0.4) is 0 Å². The van der Waals surface area contributed by atoms with Crippen molar-refractivity contribution < 1.29 is 38.4 Å². The number of rotatable bonds is 8. The van der Waals surface area contributed by atoms with Crippen molar-refractivity contribution in [3.05, 3.63) is 136 Å². The molecule has 0 aliphatic carbocycles. The first-order valence-corrected chi connectivity index (χ1v) is 12.7. The van der Waals surface area contributed by atoms with Crippen molar-refractivity contribution in [1.29, 1.82) is 0 Å². The van der Waals surface area contributed by atoms with E-state index in [1.54, 1.807) is 91.0 Å². The summed E-state index contributed by atoms with van der Waals surface area (Å²) in [5.74, 6) is -2.41. The minimum atomic E-state index is -1.34. The molecule has 2 heterocycles. The minimum Gasteiger partial charge on any atom is -0.508 e. The summed E-state index contributed by atoms with van der Waals surface area (Å²) in [6.07, 6.45) is -3.78. The second-order valence-corrected chi connectivity index (χ2v) is 9.13. The van der Waals surface area contributed by atoms with E-state index in [2.05, 4.69) is 0 Å². The van der Waals surface area contributed by atoms with Crippen LogP contribution >= 0.6 is 0 Å². The van der Waals surface area contributed by atoms with Gasteiger partial charge < -0.3 is 24.1 Å². The van der Waals surface area contributed by atoms with Crippen LogP contribution in [0.25, 0.3) is 0 Å². The van der Waals surface area contributed by atoms with Gasteiger partial charge in [-0.05, 0) is 42.5 Å². The third-order valence-electron chi connectivity index (χ3n) is 6.38. The second-order valence-electron chi connectivity index (χ2n) is 9.13. The molecule has 5 rings (SSSR count). The van der Waals surface area contributed by atoms with Crippen LogP contribution in [0.4, 0.5) is 0 Å². The first-order chi connectivity index (χ1) is 19.9. The highest BCUT2D eigenvalue weighted by Crippen LogP contribution is 2.35. The number of carbonyl (C=O) groups excluding carboxylic acids is 3. The first-order valence-electron chi connectivity index (χ1n) is 12.7. The van der Waals surface area contributed by atoms with E-state index in [0.29, 0.717) is 5.56 Å². The molecule has 1 aliphatic rings. The number of hydrogen-bond acceptors (Lipinski definition) is 9. The molecule has 0 amide bonds. The standard InChI is InChI=1S/C31H25NO9/c33-23-16-17-32(25(34)18-23)28-27(41-31(37)22-14-8-3-9-15-22)26(40-30(36)21-12-6-2-7-13-21)24(39-28)19-38-29(35)20-10-4-1-5-11-20/h1-18,24,26-28,33H,19H2/t24-,26?,27+,28-/m1/s1. The maximum Gasteiger partial charge on any atom is 0.338 e. The lowest BCUT2D eigenvalue weighted by molar-refractivity contribution is -0.0635. The highest BCUT2D eigenvalue weighted by Gasteiger charge is 2.51. The van der Waals surface area contributed by atoms with Crippen LogP contribution in [-0.4, -0.2) is 52.5 Å². The molecule has 3 aromatic carbocycles. The van der Waals surface area contributed by atoms with Crippen molar-refractivity contribution in [1.82, 2.24) is 4.57 Å². The van der Waals surface area contributed by atoms with Crippen molar-refractivity contribution >= 4 is 17.9 Å². The second kappa shape index (κ2) is 12.3. The summed E-state index contributed by atoms with van der Waals surface area (Å²) in [6, 6.07) is 26.8. The average Bonchev–Trinajstić information content (AvgIpc) is 3.33. The summed E-state index contributed by atoms with van der Waals surface area (Å²) >= 11 is 0. The third-order valence-corrected chi connectivity index (χ3v) is 6.38. The van der Waals surface area contributed by atoms with Gasteiger partial charge in [0.25, 0.3) is 5.56 Å². The zero-order valence-electron chi connectivity index (χ0n) is 21.6. The average molecular weight is 556 g/mol. The number of ether oxygens (including phenoxy) is 4. The summed E-state index contributed by atoms with van der Waals surface area (Å²) in [7, 11) is 0. The van der Waals surface area contributed by atoms with Gasteiger partial charge in [-0.2, -0.15) is 0 Å². The lowest BCUT2D eigenvalue weighted by Crippen LogP contribution is -2.42. The Labute approximate surface area is 234 Å². The highest BCUT2D eigenvalue weighted by molar-refractivity contribution is 5.91. The molecule has 0 spiro atoms. The van der Waals surface area contributed by atoms with Gasteiger partial charge in [-0.3, -0.25) is 9.36 Å². The Balaban J connectivity index is 1.49. The molecule has 208 valence electrons. The van der Waals surface area contributed by atoms with E-state index in [1.165, 1.54) is 12.3 Å². The summed E-state index contributed by atoms with van der Waals surface area (Å²) < 4.78 is 24.3.